The van der Waals surface area contributed by atoms with Crippen molar-refractivity contribution in [2.45, 2.75) is 52.5 Å². The van der Waals surface area contributed by atoms with Gasteiger partial charge in [0, 0.05) is 12.6 Å². The molecular weight excluding hydrogens is 267 g/mol. The van der Waals surface area contributed by atoms with E-state index >= 15 is 0 Å². The van der Waals surface area contributed by atoms with Crippen LogP contribution in [0.1, 0.15) is 44.2 Å². The van der Waals surface area contributed by atoms with Crippen molar-refractivity contribution in [1.29, 1.82) is 0 Å². The van der Waals surface area contributed by atoms with E-state index in [1.807, 2.05) is 17.9 Å². The van der Waals surface area contributed by atoms with Gasteiger partial charge in [0.05, 0.1) is 12.2 Å². The van der Waals surface area contributed by atoms with Crippen molar-refractivity contribution < 1.29 is 9.18 Å². The summed E-state index contributed by atoms with van der Waals surface area (Å²) >= 11 is 0. The van der Waals surface area contributed by atoms with Crippen molar-refractivity contribution in [3.8, 4) is 0 Å². The molecule has 1 aliphatic heterocycles. The first-order valence-electron chi connectivity index (χ1n) is 7.88. The molecule has 116 valence electrons. The molecule has 1 heterocycles. The maximum absolute atomic E-state index is 14.3. The van der Waals surface area contributed by atoms with E-state index in [4.69, 9.17) is 0 Å². The van der Waals surface area contributed by atoms with Crippen molar-refractivity contribution in [3.05, 3.63) is 29.1 Å². The van der Waals surface area contributed by atoms with Crippen molar-refractivity contribution >= 4 is 11.6 Å². The number of rotatable bonds is 5. The third-order valence-corrected chi connectivity index (χ3v) is 4.16. The minimum Gasteiger partial charge on any atom is -0.360 e. The maximum atomic E-state index is 14.3. The molecule has 21 heavy (non-hydrogen) atoms. The summed E-state index contributed by atoms with van der Waals surface area (Å²) in [4.78, 5) is 14.0. The Balaban J connectivity index is 2.11. The molecule has 0 aromatic heterocycles. The summed E-state index contributed by atoms with van der Waals surface area (Å²) in [5.41, 5.74) is 2.58. The Bertz CT molecular complexity index is 512. The molecule has 1 aliphatic rings. The van der Waals surface area contributed by atoms with Gasteiger partial charge in [-0.2, -0.15) is 0 Å². The van der Waals surface area contributed by atoms with E-state index in [1.165, 1.54) is 0 Å². The molecule has 4 heteroatoms. The lowest BCUT2D eigenvalue weighted by atomic mass is 9.99. The lowest BCUT2D eigenvalue weighted by Crippen LogP contribution is -2.43. The molecule has 0 fully saturated rings. The summed E-state index contributed by atoms with van der Waals surface area (Å²) in [6.07, 6.45) is 3.70. The molecule has 0 aliphatic carbocycles. The van der Waals surface area contributed by atoms with Crippen LogP contribution in [0.5, 0.6) is 0 Å². The van der Waals surface area contributed by atoms with E-state index in [2.05, 4.69) is 19.2 Å². The molecule has 3 nitrogen and oxygen atoms in total. The molecule has 2 rings (SSSR count). The van der Waals surface area contributed by atoms with E-state index in [0.717, 1.165) is 43.4 Å². The van der Waals surface area contributed by atoms with Gasteiger partial charge in [-0.05, 0) is 49.8 Å². The van der Waals surface area contributed by atoms with Crippen LogP contribution in [0.25, 0.3) is 0 Å². The van der Waals surface area contributed by atoms with Gasteiger partial charge in [-0.25, -0.2) is 4.39 Å². The second kappa shape index (κ2) is 6.92. The van der Waals surface area contributed by atoms with Gasteiger partial charge in [0.1, 0.15) is 5.82 Å². The fourth-order valence-electron chi connectivity index (χ4n) is 3.02. The number of benzene rings is 1. The van der Waals surface area contributed by atoms with Gasteiger partial charge in [0.2, 0.25) is 5.91 Å². The molecule has 1 amide bonds. The number of hydrogen-bond donors (Lipinski definition) is 1. The van der Waals surface area contributed by atoms with Gasteiger partial charge in [-0.1, -0.05) is 19.9 Å². The number of carbonyl (C=O) groups excluding carboxylic acids is 1. The van der Waals surface area contributed by atoms with E-state index < -0.39 is 0 Å². The highest BCUT2D eigenvalue weighted by Gasteiger charge is 2.23. The van der Waals surface area contributed by atoms with Crippen LogP contribution in [0, 0.1) is 12.7 Å². The van der Waals surface area contributed by atoms with E-state index in [0.29, 0.717) is 5.69 Å². The average Bonchev–Trinajstić information content (AvgIpc) is 2.44. The zero-order chi connectivity index (χ0) is 15.4. The quantitative estimate of drug-likeness (QED) is 0.904. The van der Waals surface area contributed by atoms with Crippen LogP contribution in [0.15, 0.2) is 12.1 Å². The van der Waals surface area contributed by atoms with Gasteiger partial charge in [0.25, 0.3) is 0 Å². The second-order valence-corrected chi connectivity index (χ2v) is 5.86. The SMILES string of the molecule is CCC(CC)NC(=O)CN1CCCc2cc(C)cc(F)c21. The van der Waals surface area contributed by atoms with Gasteiger partial charge in [-0.15, -0.1) is 0 Å². The van der Waals surface area contributed by atoms with Crippen LogP contribution in [0.2, 0.25) is 0 Å². The number of hydrogen-bond acceptors (Lipinski definition) is 2. The number of fused-ring (bicyclic) bond motifs is 1. The van der Waals surface area contributed by atoms with Crippen LogP contribution in [0.3, 0.4) is 0 Å². The van der Waals surface area contributed by atoms with Crippen molar-refractivity contribution in [2.75, 3.05) is 18.0 Å². The zero-order valence-electron chi connectivity index (χ0n) is 13.2. The second-order valence-electron chi connectivity index (χ2n) is 5.86. The van der Waals surface area contributed by atoms with Gasteiger partial charge in [-0.3, -0.25) is 4.79 Å². The third kappa shape index (κ3) is 3.74. The zero-order valence-corrected chi connectivity index (χ0v) is 13.2. The van der Waals surface area contributed by atoms with Crippen molar-refractivity contribution in [1.82, 2.24) is 5.32 Å². The predicted octanol–water partition coefficient (Wildman–Crippen LogP) is 3.19. The molecule has 1 N–H and O–H groups in total. The molecular formula is C17H25FN2O. The highest BCUT2D eigenvalue weighted by atomic mass is 19.1. The molecule has 1 aromatic carbocycles. The topological polar surface area (TPSA) is 32.3 Å². The van der Waals surface area contributed by atoms with Crippen LogP contribution < -0.4 is 10.2 Å². The summed E-state index contributed by atoms with van der Waals surface area (Å²) in [6.45, 7) is 7.01. The number of carbonyl (C=O) groups is 1. The Hall–Kier alpha value is -1.58. The summed E-state index contributed by atoms with van der Waals surface area (Å²) in [5.74, 6) is -0.225. The number of halogens is 1. The largest absolute Gasteiger partial charge is 0.360 e. The van der Waals surface area contributed by atoms with Gasteiger partial charge < -0.3 is 10.2 Å². The molecule has 0 saturated heterocycles. The Kier molecular flexibility index (Phi) is 5.21. The van der Waals surface area contributed by atoms with Crippen molar-refractivity contribution in [2.24, 2.45) is 0 Å². The standard InChI is InChI=1S/C17H25FN2O/c1-4-14(5-2)19-16(21)11-20-8-6-7-13-9-12(3)10-15(18)17(13)20/h9-10,14H,4-8,11H2,1-3H3,(H,19,21). The smallest absolute Gasteiger partial charge is 0.239 e. The molecule has 0 bridgehead atoms. The number of nitrogens with one attached hydrogen (secondary N) is 1. The molecule has 0 atom stereocenters. The molecule has 1 aromatic rings. The Labute approximate surface area is 126 Å². The minimum atomic E-state index is -0.208. The fraction of sp³-hybridized carbons (Fsp3) is 0.588. The first-order chi connectivity index (χ1) is 10.0. The van der Waals surface area contributed by atoms with Gasteiger partial charge in [0.15, 0.2) is 0 Å². The van der Waals surface area contributed by atoms with Crippen LogP contribution in [-0.4, -0.2) is 25.0 Å². The van der Waals surface area contributed by atoms with Gasteiger partial charge >= 0.3 is 0 Å². The van der Waals surface area contributed by atoms with Crippen LogP contribution in [-0.2, 0) is 11.2 Å². The van der Waals surface area contributed by atoms with Crippen molar-refractivity contribution in [3.63, 3.8) is 0 Å². The lowest BCUT2D eigenvalue weighted by molar-refractivity contribution is -0.120. The molecule has 0 saturated carbocycles. The number of aryl methyl sites for hydroxylation is 2. The molecule has 0 unspecified atom stereocenters. The number of amides is 1. The Morgan fingerprint density at radius 2 is 2.10 bits per heavy atom. The minimum absolute atomic E-state index is 0.0171. The highest BCUT2D eigenvalue weighted by Crippen LogP contribution is 2.30. The lowest BCUT2D eigenvalue weighted by Gasteiger charge is -2.32. The first kappa shape index (κ1) is 15.8. The summed E-state index contributed by atoms with van der Waals surface area (Å²) in [6, 6.07) is 3.80. The predicted molar refractivity (Wildman–Crippen MR) is 84.2 cm³/mol. The number of anilines is 1. The maximum Gasteiger partial charge on any atom is 0.239 e. The molecule has 0 spiro atoms. The third-order valence-electron chi connectivity index (χ3n) is 4.16. The number of nitrogens with zero attached hydrogens (tertiary/aromatic N) is 1. The van der Waals surface area contributed by atoms with Crippen LogP contribution >= 0.6 is 0 Å². The highest BCUT2D eigenvalue weighted by molar-refractivity contribution is 5.82. The monoisotopic (exact) mass is 292 g/mol. The fourth-order valence-corrected chi connectivity index (χ4v) is 3.02. The Morgan fingerprint density at radius 3 is 2.76 bits per heavy atom. The van der Waals surface area contributed by atoms with Crippen LogP contribution in [0.4, 0.5) is 10.1 Å². The summed E-state index contributed by atoms with van der Waals surface area (Å²) in [7, 11) is 0. The normalized spacial score (nSPS) is 14.2. The summed E-state index contributed by atoms with van der Waals surface area (Å²) < 4.78 is 14.3. The molecule has 0 radical (unpaired) electrons. The van der Waals surface area contributed by atoms with E-state index in [1.54, 1.807) is 6.07 Å². The van der Waals surface area contributed by atoms with E-state index in [9.17, 15) is 9.18 Å². The summed E-state index contributed by atoms with van der Waals surface area (Å²) in [5, 5.41) is 3.02. The van der Waals surface area contributed by atoms with E-state index in [-0.39, 0.29) is 24.3 Å². The Morgan fingerprint density at radius 1 is 1.38 bits per heavy atom. The average molecular weight is 292 g/mol. The first-order valence-corrected chi connectivity index (χ1v) is 7.88.